The van der Waals surface area contributed by atoms with E-state index >= 15 is 0 Å². The number of pyridine rings is 1. The summed E-state index contributed by atoms with van der Waals surface area (Å²) in [5, 5.41) is 10.3. The van der Waals surface area contributed by atoms with E-state index in [0.717, 1.165) is 102 Å². The van der Waals surface area contributed by atoms with Gasteiger partial charge >= 0.3 is 17.8 Å². The standard InChI is InChI=1S/C46H51N11O4/c1-27-20-30(6-12-35(27)28(2)50-42(59)43-53-44(54-61-43)46(3,4)5)40-36-21-38(51-41(36)49-26-48-40)31-7-13-37(47-22-31)32-24-55(25-32)23-29-14-17-56(18-15-29)33-8-10-34(11-9-33)57-19-16-39(58)52-45(57)60/h6-13,20-22,26,28-29,32H,14-19,23-25H2,1-5H3,(H,50,59)(H,48,49,51)(H,52,58,60)/t28-/m1/s1. The Hall–Kier alpha value is -6.48. The molecule has 3 saturated heterocycles. The topological polar surface area (TPSA) is 178 Å². The lowest BCUT2D eigenvalue weighted by molar-refractivity contribution is -0.120. The van der Waals surface area contributed by atoms with Crippen molar-refractivity contribution in [3.05, 3.63) is 102 Å². The number of aromatic amines is 1. The van der Waals surface area contributed by atoms with Crippen molar-refractivity contribution in [3.8, 4) is 22.5 Å². The van der Waals surface area contributed by atoms with Gasteiger partial charge in [-0.3, -0.25) is 24.8 Å². The van der Waals surface area contributed by atoms with E-state index in [1.165, 1.54) is 5.69 Å². The highest BCUT2D eigenvalue weighted by atomic mass is 16.5. The van der Waals surface area contributed by atoms with Gasteiger partial charge in [-0.2, -0.15) is 4.98 Å². The van der Waals surface area contributed by atoms with Crippen LogP contribution in [0.1, 0.15) is 92.2 Å². The van der Waals surface area contributed by atoms with E-state index in [9.17, 15) is 14.4 Å². The minimum absolute atomic E-state index is 0.0492. The molecule has 4 aromatic heterocycles. The van der Waals surface area contributed by atoms with Gasteiger partial charge in [0.1, 0.15) is 12.0 Å². The Kier molecular flexibility index (Phi) is 10.6. The van der Waals surface area contributed by atoms with E-state index in [0.29, 0.717) is 30.6 Å². The summed E-state index contributed by atoms with van der Waals surface area (Å²) in [5.41, 5.74) is 9.22. The molecule has 3 aliphatic heterocycles. The molecule has 3 aliphatic rings. The minimum Gasteiger partial charge on any atom is -0.372 e. The van der Waals surface area contributed by atoms with Crippen LogP contribution in [0.5, 0.6) is 0 Å². The van der Waals surface area contributed by atoms with Crippen LogP contribution in [-0.2, 0) is 10.2 Å². The third-order valence-corrected chi connectivity index (χ3v) is 12.3. The van der Waals surface area contributed by atoms with E-state index in [1.54, 1.807) is 11.2 Å². The van der Waals surface area contributed by atoms with E-state index in [1.807, 2.05) is 65.1 Å². The fraction of sp³-hybridized carbons (Fsp3) is 0.391. The molecule has 1 atom stereocenters. The van der Waals surface area contributed by atoms with Crippen molar-refractivity contribution in [1.29, 1.82) is 0 Å². The Bertz CT molecular complexity index is 2580. The van der Waals surface area contributed by atoms with Gasteiger partial charge in [-0.15, -0.1) is 0 Å². The lowest BCUT2D eigenvalue weighted by Crippen LogP contribution is -2.49. The number of amides is 4. The SMILES string of the molecule is Cc1cc(-c2ncnc3[nH]c(-c4ccc(C5CN(CC6CCN(c7ccc(N8CCC(=O)NC8=O)cc7)CC6)C5)nc4)cc23)ccc1[C@@H](C)NC(=O)c1nc(C(C)(C)C)no1. The molecule has 0 saturated carbocycles. The number of hydrogen-bond donors (Lipinski definition) is 3. The molecule has 0 radical (unpaired) electrons. The van der Waals surface area contributed by atoms with Crippen molar-refractivity contribution in [3.63, 3.8) is 0 Å². The summed E-state index contributed by atoms with van der Waals surface area (Å²) in [5.74, 6) is 0.898. The summed E-state index contributed by atoms with van der Waals surface area (Å²) in [6.07, 6.45) is 6.15. The van der Waals surface area contributed by atoms with E-state index in [-0.39, 0.29) is 29.3 Å². The monoisotopic (exact) mass is 821 g/mol. The van der Waals surface area contributed by atoms with Crippen LogP contribution in [0.4, 0.5) is 16.2 Å². The first kappa shape index (κ1) is 40.0. The molecule has 0 bridgehead atoms. The Balaban J connectivity index is 0.773. The second kappa shape index (κ2) is 16.2. The normalized spacial score (nSPS) is 17.4. The van der Waals surface area contributed by atoms with Crippen LogP contribution in [0.25, 0.3) is 33.5 Å². The van der Waals surface area contributed by atoms with Gasteiger partial charge in [-0.05, 0) is 92.3 Å². The number of anilines is 2. The predicted octanol–water partition coefficient (Wildman–Crippen LogP) is 6.93. The Morgan fingerprint density at radius 2 is 1.69 bits per heavy atom. The van der Waals surface area contributed by atoms with Gasteiger partial charge in [0.25, 0.3) is 0 Å². The fourth-order valence-corrected chi connectivity index (χ4v) is 8.70. The highest BCUT2D eigenvalue weighted by Gasteiger charge is 2.32. The number of fused-ring (bicyclic) bond motifs is 1. The molecule has 0 unspecified atom stereocenters. The van der Waals surface area contributed by atoms with Crippen molar-refractivity contribution < 1.29 is 18.9 Å². The molecule has 314 valence electrons. The van der Waals surface area contributed by atoms with Crippen LogP contribution >= 0.6 is 0 Å². The van der Waals surface area contributed by atoms with Gasteiger partial charge in [0.2, 0.25) is 5.91 Å². The van der Waals surface area contributed by atoms with Gasteiger partial charge in [-0.1, -0.05) is 38.1 Å². The number of nitrogens with one attached hydrogen (secondary N) is 3. The molecule has 7 heterocycles. The number of aryl methyl sites for hydroxylation is 1. The Morgan fingerprint density at radius 3 is 2.38 bits per heavy atom. The molecule has 0 aliphatic carbocycles. The number of piperidine rings is 1. The highest BCUT2D eigenvalue weighted by molar-refractivity contribution is 6.05. The largest absolute Gasteiger partial charge is 0.372 e. The number of likely N-dealkylation sites (tertiary alicyclic amines) is 1. The quantitative estimate of drug-likeness (QED) is 0.131. The van der Waals surface area contributed by atoms with Crippen LogP contribution in [0.3, 0.4) is 0 Å². The molecule has 0 spiro atoms. The summed E-state index contributed by atoms with van der Waals surface area (Å²) in [6, 6.07) is 20.0. The molecule has 2 aromatic carbocycles. The van der Waals surface area contributed by atoms with Gasteiger partial charge in [0.05, 0.1) is 11.7 Å². The highest BCUT2D eigenvalue weighted by Crippen LogP contribution is 2.34. The van der Waals surface area contributed by atoms with Crippen molar-refractivity contribution in [2.24, 2.45) is 5.92 Å². The number of nitrogens with zero attached hydrogens (tertiary/aromatic N) is 8. The summed E-state index contributed by atoms with van der Waals surface area (Å²) in [4.78, 5) is 65.2. The number of H-pyrrole nitrogens is 1. The molecule has 9 rings (SSSR count). The van der Waals surface area contributed by atoms with Crippen molar-refractivity contribution in [2.75, 3.05) is 49.1 Å². The summed E-state index contributed by atoms with van der Waals surface area (Å²) in [7, 11) is 0. The van der Waals surface area contributed by atoms with Crippen LogP contribution in [-0.4, -0.2) is 92.1 Å². The van der Waals surface area contributed by atoms with Crippen LogP contribution < -0.4 is 20.4 Å². The van der Waals surface area contributed by atoms with Crippen LogP contribution in [0.2, 0.25) is 0 Å². The number of aromatic nitrogens is 6. The van der Waals surface area contributed by atoms with Gasteiger partial charge in [0.15, 0.2) is 5.82 Å². The van der Waals surface area contributed by atoms with Crippen LogP contribution in [0.15, 0.2) is 77.7 Å². The third-order valence-electron chi connectivity index (χ3n) is 12.3. The molecular formula is C46H51N11O4. The summed E-state index contributed by atoms with van der Waals surface area (Å²) in [6.45, 7) is 15.5. The van der Waals surface area contributed by atoms with Gasteiger partial charge in [0, 0.05) is 102 Å². The maximum atomic E-state index is 12.9. The zero-order valence-electron chi connectivity index (χ0n) is 35.2. The first-order valence-electron chi connectivity index (χ1n) is 21.1. The number of benzene rings is 2. The number of urea groups is 1. The predicted molar refractivity (Wildman–Crippen MR) is 232 cm³/mol. The zero-order valence-corrected chi connectivity index (χ0v) is 35.2. The smallest absolute Gasteiger partial charge is 0.328 e. The Labute approximate surface area is 354 Å². The van der Waals surface area contributed by atoms with Crippen molar-refractivity contribution in [1.82, 2.24) is 45.6 Å². The molecular weight excluding hydrogens is 771 g/mol. The maximum Gasteiger partial charge on any atom is 0.328 e. The first-order valence-corrected chi connectivity index (χ1v) is 21.1. The average Bonchev–Trinajstić information content (AvgIpc) is 3.92. The molecule has 15 heteroatoms. The van der Waals surface area contributed by atoms with E-state index < -0.39 is 5.91 Å². The first-order chi connectivity index (χ1) is 29.4. The van der Waals surface area contributed by atoms with Gasteiger partial charge < -0.3 is 24.6 Å². The molecule has 61 heavy (non-hydrogen) atoms. The average molecular weight is 822 g/mol. The van der Waals surface area contributed by atoms with Gasteiger partial charge in [-0.25, -0.2) is 14.8 Å². The van der Waals surface area contributed by atoms with E-state index in [4.69, 9.17) is 9.51 Å². The number of imide groups is 1. The minimum atomic E-state index is -0.410. The summed E-state index contributed by atoms with van der Waals surface area (Å²) < 4.78 is 5.24. The van der Waals surface area contributed by atoms with Crippen molar-refractivity contribution >= 4 is 40.3 Å². The maximum absolute atomic E-state index is 12.9. The molecule has 3 N–H and O–H groups in total. The third kappa shape index (κ3) is 8.34. The van der Waals surface area contributed by atoms with Crippen molar-refractivity contribution in [2.45, 2.75) is 71.3 Å². The Morgan fingerprint density at radius 1 is 0.934 bits per heavy atom. The second-order valence-electron chi connectivity index (χ2n) is 17.7. The van der Waals surface area contributed by atoms with Crippen LogP contribution in [0, 0.1) is 12.8 Å². The van der Waals surface area contributed by atoms with E-state index in [2.05, 4.69) is 81.9 Å². The summed E-state index contributed by atoms with van der Waals surface area (Å²) >= 11 is 0. The zero-order chi connectivity index (χ0) is 42.4. The molecule has 6 aromatic rings. The number of carbonyl (C=O) groups excluding carboxylic acids is 3. The molecule has 3 fully saturated rings. The number of hydrogen-bond acceptors (Lipinski definition) is 11. The molecule has 4 amide bonds. The molecule has 15 nitrogen and oxygen atoms in total. The lowest BCUT2D eigenvalue weighted by Gasteiger charge is -2.43. The lowest BCUT2D eigenvalue weighted by atomic mass is 9.90. The second-order valence-corrected chi connectivity index (χ2v) is 17.7. The number of rotatable bonds is 10. The number of carbonyl (C=O) groups is 3. The fourth-order valence-electron chi connectivity index (χ4n) is 8.70.